The maximum atomic E-state index is 12.9. The Hall–Kier alpha value is -1.49. The van der Waals surface area contributed by atoms with E-state index in [1.807, 2.05) is 50.4 Å². The van der Waals surface area contributed by atoms with Crippen molar-refractivity contribution in [1.29, 1.82) is 0 Å². The fourth-order valence-corrected chi connectivity index (χ4v) is 3.00. The highest BCUT2D eigenvalue weighted by Gasteiger charge is 2.48. The highest BCUT2D eigenvalue weighted by Crippen LogP contribution is 2.30. The van der Waals surface area contributed by atoms with E-state index < -0.39 is 11.6 Å². The van der Waals surface area contributed by atoms with E-state index in [0.717, 1.165) is 11.3 Å². The van der Waals surface area contributed by atoms with Crippen LogP contribution >= 0.6 is 11.8 Å². The van der Waals surface area contributed by atoms with Gasteiger partial charge in [0.05, 0.1) is 0 Å². The summed E-state index contributed by atoms with van der Waals surface area (Å²) in [7, 11) is 0. The Morgan fingerprint density at radius 1 is 1.29 bits per heavy atom. The monoisotopic (exact) mass is 306 g/mol. The van der Waals surface area contributed by atoms with Crippen molar-refractivity contribution in [2.24, 2.45) is 0 Å². The standard InChI is InChI=1S/C16H22N2O2S/c1-4-16(2)15(20)17-13(12-8-6-5-7-9-12)14(19)18(16)10-11-21-3/h5-9,13H,4,10-11H2,1-3H3,(H,17,20). The van der Waals surface area contributed by atoms with Gasteiger partial charge in [-0.3, -0.25) is 9.59 Å². The third-order valence-electron chi connectivity index (χ3n) is 4.21. The van der Waals surface area contributed by atoms with E-state index in [9.17, 15) is 9.59 Å². The van der Waals surface area contributed by atoms with Crippen molar-refractivity contribution in [3.05, 3.63) is 35.9 Å². The van der Waals surface area contributed by atoms with Gasteiger partial charge in [0.25, 0.3) is 5.91 Å². The van der Waals surface area contributed by atoms with Crippen molar-refractivity contribution in [3.63, 3.8) is 0 Å². The van der Waals surface area contributed by atoms with Crippen LogP contribution in [0.4, 0.5) is 0 Å². The number of piperazine rings is 1. The number of hydrogen-bond acceptors (Lipinski definition) is 3. The van der Waals surface area contributed by atoms with Crippen LogP contribution in [0.2, 0.25) is 0 Å². The van der Waals surface area contributed by atoms with Gasteiger partial charge in [-0.15, -0.1) is 0 Å². The topological polar surface area (TPSA) is 49.4 Å². The van der Waals surface area contributed by atoms with Crippen LogP contribution < -0.4 is 5.32 Å². The number of hydrogen-bond donors (Lipinski definition) is 1. The number of carbonyl (C=O) groups is 2. The van der Waals surface area contributed by atoms with Crippen molar-refractivity contribution < 1.29 is 9.59 Å². The maximum absolute atomic E-state index is 12.9. The molecule has 1 saturated heterocycles. The van der Waals surface area contributed by atoms with Gasteiger partial charge in [-0.05, 0) is 25.2 Å². The van der Waals surface area contributed by atoms with Crippen molar-refractivity contribution in [1.82, 2.24) is 10.2 Å². The predicted molar refractivity (Wildman–Crippen MR) is 86.1 cm³/mol. The second kappa shape index (κ2) is 6.52. The lowest BCUT2D eigenvalue weighted by Crippen LogP contribution is -2.66. The summed E-state index contributed by atoms with van der Waals surface area (Å²) in [4.78, 5) is 27.1. The van der Waals surface area contributed by atoms with Crippen molar-refractivity contribution >= 4 is 23.6 Å². The van der Waals surface area contributed by atoms with Gasteiger partial charge in [-0.25, -0.2) is 0 Å². The molecule has 0 saturated carbocycles. The molecule has 0 radical (unpaired) electrons. The quantitative estimate of drug-likeness (QED) is 0.907. The van der Waals surface area contributed by atoms with Crippen LogP contribution in [-0.2, 0) is 9.59 Å². The number of amides is 2. The molecule has 2 amide bonds. The summed E-state index contributed by atoms with van der Waals surface area (Å²) in [5, 5.41) is 2.89. The smallest absolute Gasteiger partial charge is 0.250 e. The van der Waals surface area contributed by atoms with Crippen LogP contribution in [0.15, 0.2) is 30.3 Å². The molecule has 114 valence electrons. The maximum Gasteiger partial charge on any atom is 0.250 e. The van der Waals surface area contributed by atoms with Gasteiger partial charge in [-0.2, -0.15) is 11.8 Å². The molecule has 2 atom stereocenters. The molecule has 1 aliphatic rings. The molecule has 0 spiro atoms. The molecular formula is C16H22N2O2S. The molecule has 1 N–H and O–H groups in total. The van der Waals surface area contributed by atoms with E-state index in [2.05, 4.69) is 5.32 Å². The molecule has 1 heterocycles. The molecular weight excluding hydrogens is 284 g/mol. The Balaban J connectivity index is 2.33. The summed E-state index contributed by atoms with van der Waals surface area (Å²) in [5.74, 6) is 0.745. The van der Waals surface area contributed by atoms with E-state index >= 15 is 0 Å². The summed E-state index contributed by atoms with van der Waals surface area (Å²) in [5.41, 5.74) is 0.0844. The zero-order valence-corrected chi connectivity index (χ0v) is 13.6. The van der Waals surface area contributed by atoms with Crippen LogP contribution in [0.1, 0.15) is 31.9 Å². The zero-order chi connectivity index (χ0) is 15.5. The van der Waals surface area contributed by atoms with Crippen molar-refractivity contribution in [3.8, 4) is 0 Å². The van der Waals surface area contributed by atoms with Gasteiger partial charge >= 0.3 is 0 Å². The minimum Gasteiger partial charge on any atom is -0.338 e. The number of nitrogens with one attached hydrogen (secondary N) is 1. The average molecular weight is 306 g/mol. The predicted octanol–water partition coefficient (Wildman–Crippen LogP) is 2.22. The molecule has 1 fully saturated rings. The molecule has 4 nitrogen and oxygen atoms in total. The fourth-order valence-electron chi connectivity index (χ4n) is 2.63. The molecule has 1 aliphatic heterocycles. The molecule has 5 heteroatoms. The highest BCUT2D eigenvalue weighted by atomic mass is 32.2. The second-order valence-corrected chi connectivity index (χ2v) is 6.41. The van der Waals surface area contributed by atoms with Crippen molar-refractivity contribution in [2.45, 2.75) is 31.8 Å². The highest BCUT2D eigenvalue weighted by molar-refractivity contribution is 7.98. The largest absolute Gasteiger partial charge is 0.338 e. The zero-order valence-electron chi connectivity index (χ0n) is 12.8. The summed E-state index contributed by atoms with van der Waals surface area (Å²) in [6.45, 7) is 4.39. The van der Waals surface area contributed by atoms with Crippen LogP contribution in [-0.4, -0.2) is 40.8 Å². The second-order valence-electron chi connectivity index (χ2n) is 5.43. The van der Waals surface area contributed by atoms with E-state index in [1.165, 1.54) is 0 Å². The molecule has 2 rings (SSSR count). The Morgan fingerprint density at radius 3 is 2.52 bits per heavy atom. The third-order valence-corrected chi connectivity index (χ3v) is 4.80. The summed E-state index contributed by atoms with van der Waals surface area (Å²) in [6.07, 6.45) is 2.62. The molecule has 2 unspecified atom stereocenters. The van der Waals surface area contributed by atoms with Crippen LogP contribution in [0.5, 0.6) is 0 Å². The van der Waals surface area contributed by atoms with Gasteiger partial charge in [-0.1, -0.05) is 37.3 Å². The van der Waals surface area contributed by atoms with E-state index in [-0.39, 0.29) is 11.8 Å². The number of nitrogens with zero attached hydrogens (tertiary/aromatic N) is 1. The Morgan fingerprint density at radius 2 is 1.95 bits per heavy atom. The number of carbonyl (C=O) groups excluding carboxylic acids is 2. The van der Waals surface area contributed by atoms with Crippen LogP contribution in [0.25, 0.3) is 0 Å². The lowest BCUT2D eigenvalue weighted by molar-refractivity contribution is -0.156. The van der Waals surface area contributed by atoms with Gasteiger partial charge in [0.1, 0.15) is 11.6 Å². The first-order chi connectivity index (χ1) is 10.0. The summed E-state index contributed by atoms with van der Waals surface area (Å²) < 4.78 is 0. The molecule has 21 heavy (non-hydrogen) atoms. The Labute approximate surface area is 130 Å². The van der Waals surface area contributed by atoms with E-state index in [0.29, 0.717) is 13.0 Å². The molecule has 0 aromatic heterocycles. The van der Waals surface area contributed by atoms with Crippen LogP contribution in [0.3, 0.4) is 0 Å². The molecule has 0 aliphatic carbocycles. The Kier molecular flexibility index (Phi) is 4.93. The first-order valence-electron chi connectivity index (χ1n) is 7.21. The van der Waals surface area contributed by atoms with E-state index in [1.54, 1.807) is 16.7 Å². The first kappa shape index (κ1) is 15.9. The molecule has 1 aromatic carbocycles. The minimum absolute atomic E-state index is 0.0146. The fraction of sp³-hybridized carbons (Fsp3) is 0.500. The third kappa shape index (κ3) is 2.93. The van der Waals surface area contributed by atoms with Gasteiger partial charge in [0.15, 0.2) is 0 Å². The number of rotatable bonds is 5. The lowest BCUT2D eigenvalue weighted by Gasteiger charge is -2.46. The molecule has 0 bridgehead atoms. The molecule has 1 aromatic rings. The van der Waals surface area contributed by atoms with Gasteiger partial charge < -0.3 is 10.2 Å². The number of thioether (sulfide) groups is 1. The average Bonchev–Trinajstić information content (AvgIpc) is 2.51. The summed E-state index contributed by atoms with van der Waals surface area (Å²) >= 11 is 1.68. The summed E-state index contributed by atoms with van der Waals surface area (Å²) in [6, 6.07) is 8.86. The number of benzene rings is 1. The first-order valence-corrected chi connectivity index (χ1v) is 8.60. The van der Waals surface area contributed by atoms with Crippen molar-refractivity contribution in [2.75, 3.05) is 18.6 Å². The SMILES string of the molecule is CCC1(C)C(=O)NC(c2ccccc2)C(=O)N1CCSC. The van der Waals surface area contributed by atoms with Gasteiger partial charge in [0, 0.05) is 12.3 Å². The minimum atomic E-state index is -0.752. The lowest BCUT2D eigenvalue weighted by atomic mass is 9.89. The van der Waals surface area contributed by atoms with Crippen LogP contribution in [0, 0.1) is 0 Å². The normalized spacial score (nSPS) is 25.9. The Bertz CT molecular complexity index is 520. The van der Waals surface area contributed by atoms with E-state index in [4.69, 9.17) is 0 Å². The van der Waals surface area contributed by atoms with Gasteiger partial charge in [0.2, 0.25) is 5.91 Å².